The molecule has 0 aromatic rings. The molecule has 0 rings (SSSR count). The van der Waals surface area contributed by atoms with Gasteiger partial charge in [0.1, 0.15) is 13.2 Å². The van der Waals surface area contributed by atoms with E-state index in [1.165, 1.54) is 148 Å². The maximum atomic E-state index is 12.8. The first-order valence-electron chi connectivity index (χ1n) is 27.0. The van der Waals surface area contributed by atoms with Crippen LogP contribution < -0.4 is 0 Å². The number of esters is 3. The third-order valence-corrected chi connectivity index (χ3v) is 11.9. The lowest BCUT2D eigenvalue weighted by Gasteiger charge is -2.18. The van der Waals surface area contributed by atoms with Crippen LogP contribution in [0.1, 0.15) is 284 Å². The highest BCUT2D eigenvalue weighted by Gasteiger charge is 2.19. The van der Waals surface area contributed by atoms with E-state index in [9.17, 15) is 14.4 Å². The molecule has 0 aromatic heterocycles. The topological polar surface area (TPSA) is 78.9 Å². The van der Waals surface area contributed by atoms with Gasteiger partial charge in [0.25, 0.3) is 0 Å². The Kier molecular flexibility index (Phi) is 49.3. The molecule has 0 saturated heterocycles. The molecule has 6 heteroatoms. The van der Waals surface area contributed by atoms with Crippen molar-refractivity contribution < 1.29 is 28.6 Å². The van der Waals surface area contributed by atoms with Crippen molar-refractivity contribution in [1.29, 1.82) is 0 Å². The predicted octanol–water partition coefficient (Wildman–Crippen LogP) is 17.7. The molecule has 0 spiro atoms. The molecule has 0 aliphatic heterocycles. The normalized spacial score (nSPS) is 12.2. The SMILES string of the molecule is CC/C=C\C/C=C\CCCCCCCC(=O)OCC(COC(=O)CCCCCCCCCCCCCCCCCCCCC)OC(=O)CCCCC/C=C\CCCCCCCC. The molecule has 0 heterocycles. The predicted molar refractivity (Wildman–Crippen MR) is 266 cm³/mol. The summed E-state index contributed by atoms with van der Waals surface area (Å²) in [6.45, 7) is 6.53. The van der Waals surface area contributed by atoms with Gasteiger partial charge in [-0.05, 0) is 70.6 Å². The summed E-state index contributed by atoms with van der Waals surface area (Å²) in [5.41, 5.74) is 0. The van der Waals surface area contributed by atoms with E-state index in [0.717, 1.165) is 96.3 Å². The summed E-state index contributed by atoms with van der Waals surface area (Å²) in [5.74, 6) is -0.899. The van der Waals surface area contributed by atoms with Gasteiger partial charge in [0.2, 0.25) is 0 Å². The maximum absolute atomic E-state index is 12.8. The van der Waals surface area contributed by atoms with Crippen molar-refractivity contribution in [2.75, 3.05) is 13.2 Å². The molecule has 0 bridgehead atoms. The van der Waals surface area contributed by atoms with E-state index in [2.05, 4.69) is 57.2 Å². The zero-order valence-corrected chi connectivity index (χ0v) is 41.4. The standard InChI is InChI=1S/C56H102O6/c1-4-7-10-13-16-19-22-25-26-27-28-29-30-32-34-37-40-43-46-49-55(58)61-52-53(51-60-54(57)48-45-42-39-36-33-24-21-18-15-12-9-6-3)62-56(59)50-47-44-41-38-35-31-23-20-17-14-11-8-5-2/h9,12,18,21,31,35,53H,4-8,10-11,13-17,19-20,22-30,32-34,36-52H2,1-3H3/b12-9-,21-18-,35-31-. The average Bonchev–Trinajstić information content (AvgIpc) is 3.27. The number of ether oxygens (including phenoxy) is 3. The van der Waals surface area contributed by atoms with E-state index < -0.39 is 6.10 Å². The zero-order valence-electron chi connectivity index (χ0n) is 41.4. The van der Waals surface area contributed by atoms with Crippen LogP contribution in [0.25, 0.3) is 0 Å². The fourth-order valence-electron chi connectivity index (χ4n) is 7.83. The second-order valence-corrected chi connectivity index (χ2v) is 18.1. The van der Waals surface area contributed by atoms with E-state index in [4.69, 9.17) is 14.2 Å². The van der Waals surface area contributed by atoms with E-state index in [1.807, 2.05) is 0 Å². The van der Waals surface area contributed by atoms with Gasteiger partial charge in [-0.3, -0.25) is 14.4 Å². The van der Waals surface area contributed by atoms with E-state index in [-0.39, 0.29) is 31.1 Å². The molecular formula is C56H102O6. The number of hydrogen-bond acceptors (Lipinski definition) is 6. The largest absolute Gasteiger partial charge is 0.462 e. The third kappa shape index (κ3) is 48.7. The quantitative estimate of drug-likeness (QED) is 0.0262. The van der Waals surface area contributed by atoms with Gasteiger partial charge in [-0.15, -0.1) is 0 Å². The molecule has 0 fully saturated rings. The number of unbranched alkanes of at least 4 members (excludes halogenated alkanes) is 32. The lowest BCUT2D eigenvalue weighted by Crippen LogP contribution is -2.30. The van der Waals surface area contributed by atoms with Crippen LogP contribution in [-0.2, 0) is 28.6 Å². The number of allylic oxidation sites excluding steroid dienone is 6. The molecule has 62 heavy (non-hydrogen) atoms. The first kappa shape index (κ1) is 59.6. The van der Waals surface area contributed by atoms with Crippen molar-refractivity contribution in [1.82, 2.24) is 0 Å². The Hall–Kier alpha value is -2.37. The summed E-state index contributed by atoms with van der Waals surface area (Å²) in [5, 5.41) is 0. The third-order valence-electron chi connectivity index (χ3n) is 11.9. The molecule has 0 aliphatic carbocycles. The van der Waals surface area contributed by atoms with Crippen LogP contribution in [0.15, 0.2) is 36.5 Å². The van der Waals surface area contributed by atoms with Crippen molar-refractivity contribution in [3.8, 4) is 0 Å². The minimum Gasteiger partial charge on any atom is -0.462 e. The van der Waals surface area contributed by atoms with E-state index in [0.29, 0.717) is 19.3 Å². The van der Waals surface area contributed by atoms with Crippen LogP contribution in [-0.4, -0.2) is 37.2 Å². The zero-order chi connectivity index (χ0) is 45.1. The minimum absolute atomic E-state index is 0.0796. The molecule has 0 aliphatic rings. The Morgan fingerprint density at radius 1 is 0.339 bits per heavy atom. The van der Waals surface area contributed by atoms with Gasteiger partial charge < -0.3 is 14.2 Å². The smallest absolute Gasteiger partial charge is 0.306 e. The number of carbonyl (C=O) groups is 3. The first-order chi connectivity index (χ1) is 30.5. The second kappa shape index (κ2) is 51.3. The number of rotatable bonds is 49. The molecular weight excluding hydrogens is 769 g/mol. The molecule has 1 unspecified atom stereocenters. The Labute approximate surface area is 385 Å². The summed E-state index contributed by atoms with van der Waals surface area (Å²) in [7, 11) is 0. The molecule has 6 nitrogen and oxygen atoms in total. The number of carbonyl (C=O) groups excluding carboxylic acids is 3. The molecule has 0 N–H and O–H groups in total. The van der Waals surface area contributed by atoms with Gasteiger partial charge >= 0.3 is 17.9 Å². The maximum Gasteiger partial charge on any atom is 0.306 e. The van der Waals surface area contributed by atoms with Crippen molar-refractivity contribution in [3.05, 3.63) is 36.5 Å². The van der Waals surface area contributed by atoms with Crippen LogP contribution in [0.4, 0.5) is 0 Å². The van der Waals surface area contributed by atoms with Crippen molar-refractivity contribution in [2.45, 2.75) is 290 Å². The van der Waals surface area contributed by atoms with Gasteiger partial charge in [-0.25, -0.2) is 0 Å². The van der Waals surface area contributed by atoms with Crippen molar-refractivity contribution in [3.63, 3.8) is 0 Å². The van der Waals surface area contributed by atoms with Crippen LogP contribution in [0.5, 0.6) is 0 Å². The Morgan fingerprint density at radius 3 is 1.00 bits per heavy atom. The molecule has 1 atom stereocenters. The van der Waals surface area contributed by atoms with Gasteiger partial charge in [0.15, 0.2) is 6.10 Å². The highest BCUT2D eigenvalue weighted by Crippen LogP contribution is 2.16. The Morgan fingerprint density at radius 2 is 0.629 bits per heavy atom. The van der Waals surface area contributed by atoms with Gasteiger partial charge in [-0.2, -0.15) is 0 Å². The van der Waals surface area contributed by atoms with Gasteiger partial charge in [-0.1, -0.05) is 231 Å². The Balaban J connectivity index is 4.31. The lowest BCUT2D eigenvalue weighted by molar-refractivity contribution is -0.167. The molecule has 0 amide bonds. The van der Waals surface area contributed by atoms with Crippen LogP contribution in [0.3, 0.4) is 0 Å². The molecule has 362 valence electrons. The van der Waals surface area contributed by atoms with E-state index >= 15 is 0 Å². The van der Waals surface area contributed by atoms with Crippen LogP contribution in [0.2, 0.25) is 0 Å². The average molecular weight is 871 g/mol. The highest BCUT2D eigenvalue weighted by atomic mass is 16.6. The number of hydrogen-bond donors (Lipinski definition) is 0. The first-order valence-corrected chi connectivity index (χ1v) is 27.0. The molecule has 0 radical (unpaired) electrons. The van der Waals surface area contributed by atoms with E-state index in [1.54, 1.807) is 0 Å². The summed E-state index contributed by atoms with van der Waals surface area (Å²) in [6.07, 6.45) is 60.0. The summed E-state index contributed by atoms with van der Waals surface area (Å²) >= 11 is 0. The lowest BCUT2D eigenvalue weighted by atomic mass is 10.0. The van der Waals surface area contributed by atoms with Gasteiger partial charge in [0.05, 0.1) is 0 Å². The second-order valence-electron chi connectivity index (χ2n) is 18.1. The minimum atomic E-state index is -0.782. The van der Waals surface area contributed by atoms with Gasteiger partial charge in [0, 0.05) is 19.3 Å². The van der Waals surface area contributed by atoms with Crippen LogP contribution in [0, 0.1) is 0 Å². The Bertz CT molecular complexity index is 1050. The van der Waals surface area contributed by atoms with Crippen molar-refractivity contribution >= 4 is 17.9 Å². The van der Waals surface area contributed by atoms with Crippen molar-refractivity contribution in [2.24, 2.45) is 0 Å². The highest BCUT2D eigenvalue weighted by molar-refractivity contribution is 5.71. The monoisotopic (exact) mass is 871 g/mol. The summed E-state index contributed by atoms with van der Waals surface area (Å²) in [4.78, 5) is 38.0. The van der Waals surface area contributed by atoms with Crippen LogP contribution >= 0.6 is 0 Å². The fraction of sp³-hybridized carbons (Fsp3) is 0.839. The summed E-state index contributed by atoms with van der Waals surface area (Å²) < 4.78 is 16.8. The molecule has 0 aromatic carbocycles. The summed E-state index contributed by atoms with van der Waals surface area (Å²) in [6, 6.07) is 0. The fourth-order valence-corrected chi connectivity index (χ4v) is 7.83. The molecule has 0 saturated carbocycles.